The van der Waals surface area contributed by atoms with E-state index in [0.29, 0.717) is 36.7 Å². The maximum atomic E-state index is 13.1. The summed E-state index contributed by atoms with van der Waals surface area (Å²) in [5, 5.41) is 0. The lowest BCUT2D eigenvalue weighted by molar-refractivity contribution is -0.135. The van der Waals surface area contributed by atoms with Crippen molar-refractivity contribution >= 4 is 22.9 Å². The minimum atomic E-state index is -0.458. The molecule has 134 valence electrons. The van der Waals surface area contributed by atoms with Crippen LogP contribution in [0.1, 0.15) is 24.1 Å². The Labute approximate surface area is 150 Å². The number of hydrogen-bond acceptors (Lipinski definition) is 6. The molecule has 8 heteroatoms. The van der Waals surface area contributed by atoms with Gasteiger partial charge < -0.3 is 19.9 Å². The fraction of sp³-hybridized carbons (Fsp3) is 0.333. The van der Waals surface area contributed by atoms with Gasteiger partial charge in [0.2, 0.25) is 5.91 Å². The number of fused-ring (bicyclic) bond motifs is 2. The molecule has 1 aromatic carbocycles. The van der Waals surface area contributed by atoms with E-state index in [1.165, 1.54) is 6.33 Å². The van der Waals surface area contributed by atoms with E-state index < -0.39 is 6.04 Å². The zero-order chi connectivity index (χ0) is 18.3. The van der Waals surface area contributed by atoms with E-state index >= 15 is 0 Å². The van der Waals surface area contributed by atoms with E-state index in [0.717, 1.165) is 16.9 Å². The Kier molecular flexibility index (Phi) is 3.95. The highest BCUT2D eigenvalue weighted by Gasteiger charge is 2.26. The van der Waals surface area contributed by atoms with Gasteiger partial charge in [-0.1, -0.05) is 17.7 Å². The number of aryl methyl sites for hydroxylation is 1. The largest absolute Gasteiger partial charge is 0.491 e. The molecule has 1 aliphatic heterocycles. The number of carbonyl (C=O) groups excluding carboxylic acids is 1. The van der Waals surface area contributed by atoms with Gasteiger partial charge in [-0.05, 0) is 19.9 Å². The molecule has 2 aromatic heterocycles. The van der Waals surface area contributed by atoms with Gasteiger partial charge >= 0.3 is 0 Å². The average molecular weight is 352 g/mol. The topological polar surface area (TPSA) is 99.2 Å². The highest BCUT2D eigenvalue weighted by atomic mass is 16.5. The fourth-order valence-electron chi connectivity index (χ4n) is 3.25. The number of benzene rings is 1. The molecule has 0 fully saturated rings. The molecule has 0 radical (unpaired) electrons. The van der Waals surface area contributed by atoms with E-state index in [9.17, 15) is 4.79 Å². The van der Waals surface area contributed by atoms with Gasteiger partial charge in [0.1, 0.15) is 30.2 Å². The molecule has 3 aromatic rings. The second-order valence-corrected chi connectivity index (χ2v) is 6.48. The van der Waals surface area contributed by atoms with Crippen LogP contribution in [0.3, 0.4) is 0 Å². The van der Waals surface area contributed by atoms with Crippen molar-refractivity contribution in [3.05, 3.63) is 42.0 Å². The van der Waals surface area contributed by atoms with Crippen molar-refractivity contribution in [2.75, 3.05) is 18.9 Å². The first kappa shape index (κ1) is 16.3. The number of carbonyl (C=O) groups is 1. The number of nitrogens with two attached hydrogens (primary N) is 1. The quantitative estimate of drug-likeness (QED) is 0.754. The Hall–Kier alpha value is -3.16. The van der Waals surface area contributed by atoms with Crippen molar-refractivity contribution in [3.63, 3.8) is 0 Å². The van der Waals surface area contributed by atoms with Crippen LogP contribution in [-0.4, -0.2) is 43.5 Å². The van der Waals surface area contributed by atoms with Gasteiger partial charge in [-0.3, -0.25) is 4.79 Å². The van der Waals surface area contributed by atoms with Crippen LogP contribution in [0.5, 0.6) is 5.75 Å². The first-order chi connectivity index (χ1) is 12.5. The molecule has 0 saturated heterocycles. The Morgan fingerprint density at radius 1 is 1.31 bits per heavy atom. The molecule has 26 heavy (non-hydrogen) atoms. The molecule has 0 aliphatic carbocycles. The summed E-state index contributed by atoms with van der Waals surface area (Å²) in [4.78, 5) is 27.4. The van der Waals surface area contributed by atoms with E-state index in [4.69, 9.17) is 10.5 Å². The molecule has 0 spiro atoms. The molecule has 0 bridgehead atoms. The molecule has 0 saturated carbocycles. The van der Waals surface area contributed by atoms with E-state index in [1.807, 2.05) is 30.9 Å². The third-order valence-corrected chi connectivity index (χ3v) is 4.67. The second kappa shape index (κ2) is 6.29. The lowest BCUT2D eigenvalue weighted by Gasteiger charge is -2.24. The molecular formula is C18H20N6O2. The van der Waals surface area contributed by atoms with Crippen LogP contribution in [0, 0.1) is 6.92 Å². The minimum Gasteiger partial charge on any atom is -0.491 e. The molecule has 1 atom stereocenters. The molecule has 2 N–H and O–H groups in total. The number of nitrogen functional groups attached to an aromatic ring is 1. The van der Waals surface area contributed by atoms with Gasteiger partial charge in [0.05, 0.1) is 12.9 Å². The van der Waals surface area contributed by atoms with Crippen molar-refractivity contribution in [2.45, 2.75) is 26.4 Å². The van der Waals surface area contributed by atoms with Crippen molar-refractivity contribution in [3.8, 4) is 5.75 Å². The summed E-state index contributed by atoms with van der Waals surface area (Å²) in [6.07, 6.45) is 2.97. The summed E-state index contributed by atoms with van der Waals surface area (Å²) in [6.45, 7) is 5.38. The lowest BCUT2D eigenvalue weighted by atomic mass is 10.1. The number of nitrogens with zero attached hydrogens (tertiary/aromatic N) is 5. The van der Waals surface area contributed by atoms with E-state index in [-0.39, 0.29) is 5.91 Å². The SMILES string of the molecule is Cc1ccc2c(c1)CN(C(=O)C(C)n1cnc3c(N)ncnc31)CCO2. The molecular weight excluding hydrogens is 332 g/mol. The van der Waals surface area contributed by atoms with Crippen LogP contribution >= 0.6 is 0 Å². The first-order valence-corrected chi connectivity index (χ1v) is 8.48. The fourth-order valence-corrected chi connectivity index (χ4v) is 3.25. The van der Waals surface area contributed by atoms with Crippen LogP contribution in [0.4, 0.5) is 5.82 Å². The maximum absolute atomic E-state index is 13.1. The van der Waals surface area contributed by atoms with E-state index in [1.54, 1.807) is 10.9 Å². The van der Waals surface area contributed by atoms with Crippen molar-refractivity contribution in [1.82, 2.24) is 24.4 Å². The first-order valence-electron chi connectivity index (χ1n) is 8.48. The van der Waals surface area contributed by atoms with Gasteiger partial charge in [0, 0.05) is 12.1 Å². The smallest absolute Gasteiger partial charge is 0.245 e. The molecule has 8 nitrogen and oxygen atoms in total. The highest BCUT2D eigenvalue weighted by Crippen LogP contribution is 2.26. The number of rotatable bonds is 2. The number of hydrogen-bond donors (Lipinski definition) is 1. The Morgan fingerprint density at radius 2 is 2.15 bits per heavy atom. The summed E-state index contributed by atoms with van der Waals surface area (Å²) in [5.74, 6) is 1.13. The summed E-state index contributed by atoms with van der Waals surface area (Å²) in [7, 11) is 0. The lowest BCUT2D eigenvalue weighted by Crippen LogP contribution is -2.37. The van der Waals surface area contributed by atoms with Crippen LogP contribution in [-0.2, 0) is 11.3 Å². The van der Waals surface area contributed by atoms with Crippen LogP contribution in [0.2, 0.25) is 0 Å². The average Bonchev–Trinajstić information content (AvgIpc) is 2.95. The number of imidazole rings is 1. The van der Waals surface area contributed by atoms with Crippen LogP contribution < -0.4 is 10.5 Å². The van der Waals surface area contributed by atoms with Crippen molar-refractivity contribution < 1.29 is 9.53 Å². The minimum absolute atomic E-state index is 0.0144. The molecule has 1 amide bonds. The van der Waals surface area contributed by atoms with E-state index in [2.05, 4.69) is 21.0 Å². The van der Waals surface area contributed by atoms with Gasteiger partial charge in [-0.2, -0.15) is 0 Å². The maximum Gasteiger partial charge on any atom is 0.245 e. The zero-order valence-electron chi connectivity index (χ0n) is 14.7. The molecule has 3 heterocycles. The summed E-state index contributed by atoms with van der Waals surface area (Å²) in [5.41, 5.74) is 9.06. The Balaban J connectivity index is 1.63. The second-order valence-electron chi connectivity index (χ2n) is 6.48. The summed E-state index contributed by atoms with van der Waals surface area (Å²) in [6, 6.07) is 5.58. The predicted molar refractivity (Wildman–Crippen MR) is 96.5 cm³/mol. The van der Waals surface area contributed by atoms with Crippen molar-refractivity contribution in [1.29, 1.82) is 0 Å². The highest BCUT2D eigenvalue weighted by molar-refractivity contribution is 5.85. The summed E-state index contributed by atoms with van der Waals surface area (Å²) < 4.78 is 7.52. The standard InChI is InChI=1S/C18H20N6O2/c1-11-3-4-14-13(7-11)8-23(5-6-26-14)18(25)12(2)24-10-22-15-16(19)20-9-21-17(15)24/h3-4,7,9-10,12H,5-6,8H2,1-2H3,(H2,19,20,21). The van der Waals surface area contributed by atoms with Gasteiger partial charge in [-0.15, -0.1) is 0 Å². The van der Waals surface area contributed by atoms with Gasteiger partial charge in [0.25, 0.3) is 0 Å². The normalized spacial score (nSPS) is 15.2. The van der Waals surface area contributed by atoms with Gasteiger partial charge in [-0.25, -0.2) is 15.0 Å². The number of anilines is 1. The summed E-state index contributed by atoms with van der Waals surface area (Å²) >= 11 is 0. The van der Waals surface area contributed by atoms with Gasteiger partial charge in [0.15, 0.2) is 11.5 Å². The van der Waals surface area contributed by atoms with Crippen molar-refractivity contribution in [2.24, 2.45) is 0 Å². The van der Waals surface area contributed by atoms with Crippen LogP contribution in [0.25, 0.3) is 11.2 Å². The van der Waals surface area contributed by atoms with Crippen LogP contribution in [0.15, 0.2) is 30.9 Å². The third-order valence-electron chi connectivity index (χ3n) is 4.67. The molecule has 1 aliphatic rings. The Bertz CT molecular complexity index is 983. The monoisotopic (exact) mass is 352 g/mol. The molecule has 1 unspecified atom stereocenters. The number of ether oxygens (including phenoxy) is 1. The number of amides is 1. The zero-order valence-corrected chi connectivity index (χ0v) is 14.7. The Morgan fingerprint density at radius 3 is 3.00 bits per heavy atom. The molecule has 4 rings (SSSR count). The predicted octanol–water partition coefficient (Wildman–Crippen LogP) is 1.70. The third kappa shape index (κ3) is 2.73. The number of aromatic nitrogens is 4.